The topological polar surface area (TPSA) is 40.6 Å². The van der Waals surface area contributed by atoms with Gasteiger partial charge in [0.05, 0.1) is 18.3 Å². The van der Waals surface area contributed by atoms with Crippen molar-refractivity contribution in [2.75, 3.05) is 7.11 Å². The van der Waals surface area contributed by atoms with E-state index in [1.807, 2.05) is 40.7 Å². The molecule has 1 aliphatic rings. The fourth-order valence-corrected chi connectivity index (χ4v) is 1.96. The van der Waals surface area contributed by atoms with E-state index in [-0.39, 0.29) is 18.3 Å². The highest BCUT2D eigenvalue weighted by Crippen LogP contribution is 2.36. The Kier molecular flexibility index (Phi) is 3.15. The Bertz CT molecular complexity index is 444. The molecule has 1 aliphatic heterocycles. The molecule has 0 aromatic carbocycles. The molecule has 4 nitrogen and oxygen atoms in total. The van der Waals surface area contributed by atoms with Crippen LogP contribution in [0.5, 0.6) is 5.88 Å². The van der Waals surface area contributed by atoms with Gasteiger partial charge in [0.15, 0.2) is 0 Å². The fourth-order valence-electron chi connectivity index (χ4n) is 1.96. The summed E-state index contributed by atoms with van der Waals surface area (Å²) in [6.07, 6.45) is 1.71. The van der Waals surface area contributed by atoms with Gasteiger partial charge >= 0.3 is 7.12 Å². The molecule has 0 N–H and O–H groups in total. The lowest BCUT2D eigenvalue weighted by atomic mass is 9.77. The molecule has 1 aromatic rings. The minimum absolute atomic E-state index is 0.333. The second-order valence-corrected chi connectivity index (χ2v) is 5.62. The van der Waals surface area contributed by atoms with Gasteiger partial charge in [-0.3, -0.25) is 0 Å². The van der Waals surface area contributed by atoms with Crippen molar-refractivity contribution in [2.45, 2.75) is 45.8 Å². The molecule has 1 aromatic heterocycles. The van der Waals surface area contributed by atoms with Gasteiger partial charge in [0.25, 0.3) is 0 Å². The largest absolute Gasteiger partial charge is 0.495 e. The van der Waals surface area contributed by atoms with Gasteiger partial charge in [0.1, 0.15) is 0 Å². The lowest BCUT2D eigenvalue weighted by molar-refractivity contribution is 0.00578. The number of pyridine rings is 1. The summed E-state index contributed by atoms with van der Waals surface area (Å²) in [6.45, 7) is 10.1. The van der Waals surface area contributed by atoms with Crippen LogP contribution >= 0.6 is 0 Å². The smallest absolute Gasteiger partial charge is 0.481 e. The molecule has 5 heteroatoms. The highest BCUT2D eigenvalue weighted by atomic mass is 16.7. The third-order valence-electron chi connectivity index (χ3n) is 3.90. The van der Waals surface area contributed by atoms with Crippen molar-refractivity contribution >= 4 is 12.6 Å². The molecule has 0 aliphatic carbocycles. The predicted molar refractivity (Wildman–Crippen MR) is 71.2 cm³/mol. The SMILES string of the molecule is COc1nccc(B2OC(C)(C)C(C)(C)O2)c1C. The third-order valence-corrected chi connectivity index (χ3v) is 3.90. The Labute approximate surface area is 109 Å². The van der Waals surface area contributed by atoms with Gasteiger partial charge in [-0.2, -0.15) is 0 Å². The van der Waals surface area contributed by atoms with Crippen LogP contribution in [0.4, 0.5) is 0 Å². The zero-order valence-electron chi connectivity index (χ0n) is 11.9. The minimum Gasteiger partial charge on any atom is -0.481 e. The molecule has 0 amide bonds. The number of nitrogens with zero attached hydrogens (tertiary/aromatic N) is 1. The molecular weight excluding hydrogens is 229 g/mol. The first-order chi connectivity index (χ1) is 8.28. The lowest BCUT2D eigenvalue weighted by Crippen LogP contribution is -2.41. The third kappa shape index (κ3) is 2.02. The zero-order chi connectivity index (χ0) is 13.6. The number of methoxy groups -OCH3 is 1. The summed E-state index contributed by atoms with van der Waals surface area (Å²) < 4.78 is 17.3. The molecule has 0 bridgehead atoms. The summed E-state index contributed by atoms with van der Waals surface area (Å²) in [6, 6.07) is 1.92. The van der Waals surface area contributed by atoms with Crippen LogP contribution in [0, 0.1) is 6.92 Å². The summed E-state index contributed by atoms with van der Waals surface area (Å²) in [7, 11) is 1.25. The quantitative estimate of drug-likeness (QED) is 0.748. The first-order valence-corrected chi connectivity index (χ1v) is 6.13. The zero-order valence-corrected chi connectivity index (χ0v) is 11.9. The van der Waals surface area contributed by atoms with Gasteiger partial charge in [0, 0.05) is 11.8 Å². The monoisotopic (exact) mass is 249 g/mol. The second-order valence-electron chi connectivity index (χ2n) is 5.62. The predicted octanol–water partition coefficient (Wildman–Crippen LogP) is 1.70. The first-order valence-electron chi connectivity index (χ1n) is 6.13. The summed E-state index contributed by atoms with van der Waals surface area (Å²) >= 11 is 0. The first kappa shape index (κ1) is 13.4. The van der Waals surface area contributed by atoms with Gasteiger partial charge in [-0.05, 0) is 46.1 Å². The van der Waals surface area contributed by atoms with Crippen molar-refractivity contribution < 1.29 is 14.0 Å². The van der Waals surface area contributed by atoms with Crippen LogP contribution in [-0.2, 0) is 9.31 Å². The normalized spacial score (nSPS) is 21.1. The maximum Gasteiger partial charge on any atom is 0.495 e. The number of hydrogen-bond donors (Lipinski definition) is 0. The van der Waals surface area contributed by atoms with E-state index in [0.29, 0.717) is 5.88 Å². The van der Waals surface area contributed by atoms with Gasteiger partial charge < -0.3 is 14.0 Å². The van der Waals surface area contributed by atoms with E-state index < -0.39 is 0 Å². The fraction of sp³-hybridized carbons (Fsp3) is 0.615. The number of rotatable bonds is 2. The average molecular weight is 249 g/mol. The molecule has 1 fully saturated rings. The molecule has 0 radical (unpaired) electrons. The minimum atomic E-state index is -0.369. The van der Waals surface area contributed by atoms with E-state index in [1.165, 1.54) is 0 Å². The van der Waals surface area contributed by atoms with Crippen molar-refractivity contribution in [2.24, 2.45) is 0 Å². The molecule has 98 valence electrons. The number of aromatic nitrogens is 1. The molecular formula is C13H20BNO3. The molecule has 2 rings (SSSR count). The van der Waals surface area contributed by atoms with Gasteiger partial charge in [-0.15, -0.1) is 0 Å². The van der Waals surface area contributed by atoms with Crippen LogP contribution in [0.3, 0.4) is 0 Å². The maximum atomic E-state index is 6.02. The Morgan fingerprint density at radius 3 is 2.22 bits per heavy atom. The molecule has 0 atom stereocenters. The van der Waals surface area contributed by atoms with Crippen LogP contribution in [0.15, 0.2) is 12.3 Å². The van der Waals surface area contributed by atoms with Crippen molar-refractivity contribution in [1.82, 2.24) is 4.98 Å². The van der Waals surface area contributed by atoms with Crippen molar-refractivity contribution in [3.05, 3.63) is 17.8 Å². The van der Waals surface area contributed by atoms with Gasteiger partial charge in [-0.25, -0.2) is 4.98 Å². The highest BCUT2D eigenvalue weighted by Gasteiger charge is 2.52. The Morgan fingerprint density at radius 1 is 1.17 bits per heavy atom. The number of ether oxygens (including phenoxy) is 1. The molecule has 2 heterocycles. The van der Waals surface area contributed by atoms with Crippen LogP contribution in [0.2, 0.25) is 0 Å². The maximum absolute atomic E-state index is 6.02. The van der Waals surface area contributed by atoms with E-state index in [9.17, 15) is 0 Å². The molecule has 0 spiro atoms. The Balaban J connectivity index is 2.35. The van der Waals surface area contributed by atoms with E-state index in [4.69, 9.17) is 14.0 Å². The van der Waals surface area contributed by atoms with E-state index in [1.54, 1.807) is 13.3 Å². The summed E-state index contributed by atoms with van der Waals surface area (Å²) in [4.78, 5) is 4.17. The van der Waals surface area contributed by atoms with Gasteiger partial charge in [0.2, 0.25) is 5.88 Å². The van der Waals surface area contributed by atoms with E-state index in [0.717, 1.165) is 11.0 Å². The standard InChI is InChI=1S/C13H20BNO3/c1-9-10(7-8-15-11(9)16-6)14-17-12(2,3)13(4,5)18-14/h7-8H,1-6H3. The van der Waals surface area contributed by atoms with E-state index >= 15 is 0 Å². The van der Waals surface area contributed by atoms with Crippen LogP contribution in [0.1, 0.15) is 33.3 Å². The Hall–Kier alpha value is -1.07. The van der Waals surface area contributed by atoms with Crippen LogP contribution in [0.25, 0.3) is 0 Å². The Morgan fingerprint density at radius 2 is 1.72 bits per heavy atom. The average Bonchev–Trinajstić information content (AvgIpc) is 2.48. The van der Waals surface area contributed by atoms with Gasteiger partial charge in [-0.1, -0.05) is 0 Å². The molecule has 0 unspecified atom stereocenters. The number of hydrogen-bond acceptors (Lipinski definition) is 4. The molecule has 18 heavy (non-hydrogen) atoms. The van der Waals surface area contributed by atoms with E-state index in [2.05, 4.69) is 4.98 Å². The summed E-state index contributed by atoms with van der Waals surface area (Å²) in [5, 5.41) is 0. The van der Waals surface area contributed by atoms with Crippen molar-refractivity contribution in [3.8, 4) is 5.88 Å². The molecule has 0 saturated carbocycles. The van der Waals surface area contributed by atoms with Crippen molar-refractivity contribution in [1.29, 1.82) is 0 Å². The summed E-state index contributed by atoms with van der Waals surface area (Å²) in [5.41, 5.74) is 1.26. The lowest BCUT2D eigenvalue weighted by Gasteiger charge is -2.32. The summed E-state index contributed by atoms with van der Waals surface area (Å²) in [5.74, 6) is 0.613. The second kappa shape index (κ2) is 4.25. The van der Waals surface area contributed by atoms with Crippen LogP contribution in [-0.4, -0.2) is 30.4 Å². The van der Waals surface area contributed by atoms with Crippen LogP contribution < -0.4 is 10.2 Å². The molecule has 1 saturated heterocycles. The van der Waals surface area contributed by atoms with Crippen molar-refractivity contribution in [3.63, 3.8) is 0 Å². The highest BCUT2D eigenvalue weighted by molar-refractivity contribution is 6.62.